The van der Waals surface area contributed by atoms with E-state index >= 15 is 0 Å². The highest BCUT2D eigenvalue weighted by Gasteiger charge is 2.21. The van der Waals surface area contributed by atoms with E-state index in [1.165, 1.54) is 64.2 Å². The molecule has 0 aliphatic heterocycles. The minimum Gasteiger partial charge on any atom is -0.386 e. The number of aliphatic hydroxyl groups is 1. The molecule has 154 valence electrons. The molecule has 0 aliphatic rings. The Balaban J connectivity index is 1.70. The summed E-state index contributed by atoms with van der Waals surface area (Å²) in [5, 5.41) is 14.5. The molecule has 0 unspecified atom stereocenters. The van der Waals surface area contributed by atoms with Crippen molar-refractivity contribution in [1.29, 1.82) is 0 Å². The Morgan fingerprint density at radius 1 is 0.643 bits per heavy atom. The minimum absolute atomic E-state index is 0.0674. The van der Waals surface area contributed by atoms with Crippen molar-refractivity contribution in [3.8, 4) is 0 Å². The van der Waals surface area contributed by atoms with Crippen molar-refractivity contribution in [2.75, 3.05) is 6.54 Å². The van der Waals surface area contributed by atoms with E-state index in [1.807, 2.05) is 48.5 Å². The molecule has 2 aromatic carbocycles. The molecule has 0 amide bonds. The van der Waals surface area contributed by atoms with Crippen molar-refractivity contribution in [3.63, 3.8) is 0 Å². The van der Waals surface area contributed by atoms with Gasteiger partial charge in [0, 0.05) is 0 Å². The second-order valence-corrected chi connectivity index (χ2v) is 7.88. The molecule has 2 atom stereocenters. The van der Waals surface area contributed by atoms with E-state index in [-0.39, 0.29) is 6.04 Å². The Morgan fingerprint density at radius 3 is 1.64 bits per heavy atom. The van der Waals surface area contributed by atoms with E-state index in [4.69, 9.17) is 0 Å². The first-order valence-electron chi connectivity index (χ1n) is 11.3. The number of aliphatic hydroxyl groups excluding tert-OH is 1. The molecule has 0 aromatic heterocycles. The van der Waals surface area contributed by atoms with Gasteiger partial charge in [-0.1, -0.05) is 125 Å². The number of hydrogen-bond donors (Lipinski definition) is 2. The van der Waals surface area contributed by atoms with E-state index < -0.39 is 6.10 Å². The number of rotatable bonds is 15. The van der Waals surface area contributed by atoms with Gasteiger partial charge in [0.2, 0.25) is 0 Å². The van der Waals surface area contributed by atoms with Crippen LogP contribution in [0.25, 0.3) is 0 Å². The molecule has 2 N–H and O–H groups in total. The lowest BCUT2D eigenvalue weighted by atomic mass is 9.95. The van der Waals surface area contributed by atoms with Crippen LogP contribution in [-0.2, 0) is 0 Å². The molecule has 0 saturated carbocycles. The summed E-state index contributed by atoms with van der Waals surface area (Å²) in [5.41, 5.74) is 2.11. The molecule has 0 bridgehead atoms. The van der Waals surface area contributed by atoms with Crippen molar-refractivity contribution in [2.45, 2.75) is 83.3 Å². The number of nitrogens with one attached hydrogen (secondary N) is 1. The Bertz CT molecular complexity index is 598. The lowest BCUT2D eigenvalue weighted by Crippen LogP contribution is -2.28. The summed E-state index contributed by atoms with van der Waals surface area (Å²) in [6.07, 6.45) is 12.9. The van der Waals surface area contributed by atoms with Crippen LogP contribution < -0.4 is 5.32 Å². The van der Waals surface area contributed by atoms with Crippen LogP contribution >= 0.6 is 0 Å². The molecular weight excluding hydrogens is 342 g/mol. The summed E-state index contributed by atoms with van der Waals surface area (Å²) >= 11 is 0. The fourth-order valence-electron chi connectivity index (χ4n) is 3.78. The average molecular weight is 382 g/mol. The topological polar surface area (TPSA) is 32.3 Å². The largest absolute Gasteiger partial charge is 0.386 e. The first-order chi connectivity index (χ1) is 13.8. The molecule has 0 heterocycles. The highest BCUT2D eigenvalue weighted by Crippen LogP contribution is 2.28. The van der Waals surface area contributed by atoms with Crippen molar-refractivity contribution >= 4 is 0 Å². The lowest BCUT2D eigenvalue weighted by Gasteiger charge is -2.25. The van der Waals surface area contributed by atoms with Gasteiger partial charge in [0.1, 0.15) is 0 Å². The highest BCUT2D eigenvalue weighted by molar-refractivity contribution is 5.26. The molecule has 0 aliphatic carbocycles. The Labute approximate surface area is 172 Å². The fourth-order valence-corrected chi connectivity index (χ4v) is 3.78. The second-order valence-electron chi connectivity index (χ2n) is 7.88. The first-order valence-corrected chi connectivity index (χ1v) is 11.3. The monoisotopic (exact) mass is 381 g/mol. The van der Waals surface area contributed by atoms with Gasteiger partial charge >= 0.3 is 0 Å². The predicted molar refractivity (Wildman–Crippen MR) is 120 cm³/mol. The van der Waals surface area contributed by atoms with Crippen LogP contribution in [0.15, 0.2) is 60.7 Å². The Kier molecular flexibility index (Phi) is 11.6. The van der Waals surface area contributed by atoms with Gasteiger partial charge in [-0.25, -0.2) is 0 Å². The normalized spacial score (nSPS) is 13.4. The van der Waals surface area contributed by atoms with E-state index in [1.54, 1.807) is 0 Å². The Morgan fingerprint density at radius 2 is 1.11 bits per heavy atom. The summed E-state index contributed by atoms with van der Waals surface area (Å²) in [4.78, 5) is 0. The van der Waals surface area contributed by atoms with Crippen LogP contribution in [0.2, 0.25) is 0 Å². The third-order valence-corrected chi connectivity index (χ3v) is 5.51. The fraction of sp³-hybridized carbons (Fsp3) is 0.538. The smallest absolute Gasteiger partial charge is 0.0984 e. The minimum atomic E-state index is -0.535. The first kappa shape index (κ1) is 22.6. The van der Waals surface area contributed by atoms with Crippen molar-refractivity contribution in [2.24, 2.45) is 0 Å². The van der Waals surface area contributed by atoms with Gasteiger partial charge in [0.15, 0.2) is 0 Å². The summed E-state index contributed by atoms with van der Waals surface area (Å²) in [6, 6.07) is 20.2. The molecule has 0 spiro atoms. The average Bonchev–Trinajstić information content (AvgIpc) is 2.75. The molecule has 28 heavy (non-hydrogen) atoms. The quantitative estimate of drug-likeness (QED) is 0.326. The second kappa shape index (κ2) is 14.4. The zero-order chi connectivity index (χ0) is 19.9. The highest BCUT2D eigenvalue weighted by atomic mass is 16.3. The SMILES string of the molecule is CCCCCCCCCCCCN[C@H](c1ccccc1)[C@H](O)c1ccccc1. The summed E-state index contributed by atoms with van der Waals surface area (Å²) < 4.78 is 0. The van der Waals surface area contributed by atoms with Crippen LogP contribution in [0.5, 0.6) is 0 Å². The zero-order valence-electron chi connectivity index (χ0n) is 17.7. The molecule has 0 fully saturated rings. The summed E-state index contributed by atoms with van der Waals surface area (Å²) in [7, 11) is 0. The third kappa shape index (κ3) is 8.58. The van der Waals surface area contributed by atoms with Crippen LogP contribution in [0.3, 0.4) is 0 Å². The van der Waals surface area contributed by atoms with Gasteiger partial charge in [-0.05, 0) is 24.1 Å². The van der Waals surface area contributed by atoms with E-state index in [9.17, 15) is 5.11 Å². The van der Waals surface area contributed by atoms with Gasteiger partial charge in [-0.2, -0.15) is 0 Å². The zero-order valence-corrected chi connectivity index (χ0v) is 17.7. The van der Waals surface area contributed by atoms with Crippen molar-refractivity contribution in [3.05, 3.63) is 71.8 Å². The van der Waals surface area contributed by atoms with E-state index in [2.05, 4.69) is 24.4 Å². The third-order valence-electron chi connectivity index (χ3n) is 5.51. The standard InChI is InChI=1S/C26H39NO/c1-2-3-4-5-6-7-8-9-10-17-22-27-25(23-18-13-11-14-19-23)26(28)24-20-15-12-16-21-24/h11-16,18-21,25-28H,2-10,17,22H2,1H3/t25-,26-/m1/s1. The van der Waals surface area contributed by atoms with Gasteiger partial charge in [-0.3, -0.25) is 0 Å². The predicted octanol–water partition coefficient (Wildman–Crippen LogP) is 6.97. The van der Waals surface area contributed by atoms with Crippen LogP contribution in [0.4, 0.5) is 0 Å². The van der Waals surface area contributed by atoms with Gasteiger partial charge in [-0.15, -0.1) is 0 Å². The van der Waals surface area contributed by atoms with Crippen molar-refractivity contribution in [1.82, 2.24) is 5.32 Å². The van der Waals surface area contributed by atoms with Gasteiger partial charge < -0.3 is 10.4 Å². The molecule has 2 rings (SSSR count). The number of hydrogen-bond acceptors (Lipinski definition) is 2. The maximum atomic E-state index is 10.9. The molecular formula is C26H39NO. The summed E-state index contributed by atoms with van der Waals surface area (Å²) in [6.45, 7) is 3.22. The van der Waals surface area contributed by atoms with Crippen LogP contribution in [0.1, 0.15) is 94.4 Å². The molecule has 2 nitrogen and oxygen atoms in total. The Hall–Kier alpha value is -1.64. The lowest BCUT2D eigenvalue weighted by molar-refractivity contribution is 0.128. The van der Waals surface area contributed by atoms with Crippen LogP contribution in [0, 0.1) is 0 Å². The molecule has 0 saturated heterocycles. The molecule has 2 aromatic rings. The van der Waals surface area contributed by atoms with Crippen molar-refractivity contribution < 1.29 is 5.11 Å². The maximum absolute atomic E-state index is 10.9. The molecule has 2 heteroatoms. The number of benzene rings is 2. The number of unbranched alkanes of at least 4 members (excludes halogenated alkanes) is 9. The van der Waals surface area contributed by atoms with Gasteiger partial charge in [0.05, 0.1) is 12.1 Å². The van der Waals surface area contributed by atoms with Crippen LogP contribution in [-0.4, -0.2) is 11.7 Å². The van der Waals surface area contributed by atoms with Gasteiger partial charge in [0.25, 0.3) is 0 Å². The summed E-state index contributed by atoms with van der Waals surface area (Å²) in [5.74, 6) is 0. The maximum Gasteiger partial charge on any atom is 0.0984 e. The van der Waals surface area contributed by atoms with E-state index in [0.29, 0.717) is 0 Å². The van der Waals surface area contributed by atoms with E-state index in [0.717, 1.165) is 17.7 Å². The molecule has 0 radical (unpaired) electrons.